The van der Waals surface area contributed by atoms with Gasteiger partial charge in [0.15, 0.2) is 11.5 Å². The molecule has 0 aliphatic heterocycles. The van der Waals surface area contributed by atoms with Crippen molar-refractivity contribution in [1.82, 2.24) is 0 Å². The lowest BCUT2D eigenvalue weighted by molar-refractivity contribution is 0.0594. The van der Waals surface area contributed by atoms with Crippen LogP contribution in [-0.2, 0) is 4.74 Å². The molecule has 136 valence electrons. The molecule has 6 nitrogen and oxygen atoms in total. The van der Waals surface area contributed by atoms with E-state index in [1.807, 2.05) is 0 Å². The molecule has 24 heavy (non-hydrogen) atoms. The van der Waals surface area contributed by atoms with E-state index in [2.05, 4.69) is 6.92 Å². The fourth-order valence-electron chi connectivity index (χ4n) is 2.41. The summed E-state index contributed by atoms with van der Waals surface area (Å²) in [4.78, 5) is 12.1. The molecule has 6 heteroatoms. The number of ether oxygens (including phenoxy) is 5. The highest BCUT2D eigenvalue weighted by Gasteiger charge is 2.26. The smallest absolute Gasteiger partial charge is 0.341 e. The Balaban J connectivity index is 3.06. The summed E-state index contributed by atoms with van der Waals surface area (Å²) in [6.07, 6.45) is 5.56. The molecule has 0 radical (unpaired) electrons. The normalized spacial score (nSPS) is 10.2. The van der Waals surface area contributed by atoms with E-state index < -0.39 is 5.97 Å². The summed E-state index contributed by atoms with van der Waals surface area (Å²) in [5.74, 6) is 0.886. The Kier molecular flexibility index (Phi) is 8.83. The summed E-state index contributed by atoms with van der Waals surface area (Å²) >= 11 is 0. The summed E-state index contributed by atoms with van der Waals surface area (Å²) in [5.41, 5.74) is 0.251. The molecule has 0 aliphatic carbocycles. The fourth-order valence-corrected chi connectivity index (χ4v) is 2.41. The number of methoxy groups -OCH3 is 4. The summed E-state index contributed by atoms with van der Waals surface area (Å²) in [6, 6.07) is 1.54. The first-order valence-corrected chi connectivity index (χ1v) is 8.18. The molecule has 0 bridgehead atoms. The van der Waals surface area contributed by atoms with Crippen molar-refractivity contribution < 1.29 is 28.5 Å². The van der Waals surface area contributed by atoms with Gasteiger partial charge in [-0.15, -0.1) is 0 Å². The number of unbranched alkanes of at least 4 members (excludes halogenated alkanes) is 4. The summed E-state index contributed by atoms with van der Waals surface area (Å²) in [7, 11) is 5.81. The zero-order valence-corrected chi connectivity index (χ0v) is 15.3. The lowest BCUT2D eigenvalue weighted by Crippen LogP contribution is -2.10. The van der Waals surface area contributed by atoms with Gasteiger partial charge in [-0.3, -0.25) is 0 Å². The molecule has 0 amide bonds. The average Bonchev–Trinajstić information content (AvgIpc) is 2.62. The van der Waals surface area contributed by atoms with Crippen LogP contribution in [0.1, 0.15) is 49.4 Å². The van der Waals surface area contributed by atoms with Crippen LogP contribution in [0.25, 0.3) is 0 Å². The molecule has 0 atom stereocenters. The third kappa shape index (κ3) is 4.94. The Labute approximate surface area is 144 Å². The molecule has 0 N–H and O–H groups in total. The molecule has 0 saturated heterocycles. The van der Waals surface area contributed by atoms with Gasteiger partial charge in [-0.2, -0.15) is 0 Å². The number of carbonyl (C=O) groups excluding carboxylic acids is 1. The number of hydrogen-bond donors (Lipinski definition) is 0. The zero-order chi connectivity index (χ0) is 17.9. The van der Waals surface area contributed by atoms with Crippen LogP contribution in [0, 0.1) is 0 Å². The number of benzene rings is 1. The van der Waals surface area contributed by atoms with Crippen molar-refractivity contribution in [3.8, 4) is 23.0 Å². The van der Waals surface area contributed by atoms with Gasteiger partial charge in [-0.25, -0.2) is 4.79 Å². The van der Waals surface area contributed by atoms with Crippen molar-refractivity contribution in [2.75, 3.05) is 35.0 Å². The van der Waals surface area contributed by atoms with Crippen molar-refractivity contribution in [2.45, 2.75) is 39.0 Å². The van der Waals surface area contributed by atoms with E-state index in [9.17, 15) is 4.79 Å². The number of hydrogen-bond acceptors (Lipinski definition) is 6. The van der Waals surface area contributed by atoms with Crippen molar-refractivity contribution in [3.63, 3.8) is 0 Å². The first-order chi connectivity index (χ1) is 11.6. The zero-order valence-electron chi connectivity index (χ0n) is 15.3. The second kappa shape index (κ2) is 10.6. The largest absolute Gasteiger partial charge is 0.493 e. The van der Waals surface area contributed by atoms with Crippen LogP contribution in [0.15, 0.2) is 6.07 Å². The Morgan fingerprint density at radius 2 is 1.54 bits per heavy atom. The molecule has 0 aliphatic rings. The molecular weight excluding hydrogens is 312 g/mol. The van der Waals surface area contributed by atoms with Crippen LogP contribution in [0.4, 0.5) is 0 Å². The first-order valence-electron chi connectivity index (χ1n) is 8.18. The van der Waals surface area contributed by atoms with Crippen LogP contribution in [0.5, 0.6) is 23.0 Å². The van der Waals surface area contributed by atoms with Gasteiger partial charge in [0.25, 0.3) is 0 Å². The number of rotatable bonds is 11. The van der Waals surface area contributed by atoms with E-state index in [-0.39, 0.29) is 5.56 Å². The Morgan fingerprint density at radius 3 is 2.08 bits per heavy atom. The minimum Gasteiger partial charge on any atom is -0.493 e. The highest BCUT2D eigenvalue weighted by Crippen LogP contribution is 2.46. The Morgan fingerprint density at radius 1 is 0.875 bits per heavy atom. The van der Waals surface area contributed by atoms with Gasteiger partial charge in [0, 0.05) is 6.07 Å². The second-order valence-corrected chi connectivity index (χ2v) is 5.28. The molecule has 1 aromatic rings. The lowest BCUT2D eigenvalue weighted by atomic mass is 10.1. The second-order valence-electron chi connectivity index (χ2n) is 5.28. The van der Waals surface area contributed by atoms with E-state index in [1.54, 1.807) is 6.07 Å². The fraction of sp³-hybridized carbons (Fsp3) is 0.611. The molecule has 0 saturated carbocycles. The van der Waals surface area contributed by atoms with E-state index >= 15 is 0 Å². The van der Waals surface area contributed by atoms with E-state index in [1.165, 1.54) is 47.7 Å². The van der Waals surface area contributed by atoms with Crippen LogP contribution in [-0.4, -0.2) is 41.0 Å². The standard InChI is InChI=1S/C18H28O6/c1-6-7-8-9-10-11-24-15-13(18(19)23-5)12-14(20-2)16(21-3)17(15)22-4/h12H,6-11H2,1-5H3. The summed E-state index contributed by atoms with van der Waals surface area (Å²) < 4.78 is 26.7. The highest BCUT2D eigenvalue weighted by atomic mass is 16.6. The quantitative estimate of drug-likeness (QED) is 0.450. The molecule has 0 aromatic heterocycles. The first kappa shape index (κ1) is 19.9. The van der Waals surface area contributed by atoms with E-state index in [0.29, 0.717) is 29.6 Å². The topological polar surface area (TPSA) is 63.2 Å². The van der Waals surface area contributed by atoms with Gasteiger partial charge in [0.2, 0.25) is 11.5 Å². The van der Waals surface area contributed by atoms with Crippen LogP contribution in [0.3, 0.4) is 0 Å². The molecule has 1 rings (SSSR count). The monoisotopic (exact) mass is 340 g/mol. The SMILES string of the molecule is CCCCCCCOc1c(C(=O)OC)cc(OC)c(OC)c1OC. The van der Waals surface area contributed by atoms with Gasteiger partial charge in [0.05, 0.1) is 35.0 Å². The predicted molar refractivity (Wildman–Crippen MR) is 91.7 cm³/mol. The molecule has 1 aromatic carbocycles. The highest BCUT2D eigenvalue weighted by molar-refractivity contribution is 5.95. The van der Waals surface area contributed by atoms with Gasteiger partial charge in [-0.05, 0) is 6.42 Å². The number of carbonyl (C=O) groups is 1. The maximum atomic E-state index is 12.1. The van der Waals surface area contributed by atoms with E-state index in [4.69, 9.17) is 23.7 Å². The van der Waals surface area contributed by atoms with Crippen molar-refractivity contribution in [1.29, 1.82) is 0 Å². The lowest BCUT2D eigenvalue weighted by Gasteiger charge is -2.19. The Hall–Kier alpha value is -2.11. The molecule has 0 heterocycles. The van der Waals surface area contributed by atoms with Crippen molar-refractivity contribution in [2.24, 2.45) is 0 Å². The van der Waals surface area contributed by atoms with E-state index in [0.717, 1.165) is 12.8 Å². The summed E-state index contributed by atoms with van der Waals surface area (Å²) in [5, 5.41) is 0. The Bertz CT molecular complexity index is 527. The molecular formula is C18H28O6. The van der Waals surface area contributed by atoms with Crippen LogP contribution < -0.4 is 18.9 Å². The van der Waals surface area contributed by atoms with Gasteiger partial charge < -0.3 is 23.7 Å². The molecule has 0 spiro atoms. The predicted octanol–water partition coefficient (Wildman–Crippen LogP) is 3.85. The molecule has 0 unspecified atom stereocenters. The third-order valence-corrected chi connectivity index (χ3v) is 3.68. The molecule has 0 fully saturated rings. The van der Waals surface area contributed by atoms with Gasteiger partial charge in [-0.1, -0.05) is 32.6 Å². The number of esters is 1. The maximum absolute atomic E-state index is 12.1. The van der Waals surface area contributed by atoms with Crippen LogP contribution >= 0.6 is 0 Å². The van der Waals surface area contributed by atoms with Gasteiger partial charge >= 0.3 is 5.97 Å². The minimum atomic E-state index is -0.518. The van der Waals surface area contributed by atoms with Gasteiger partial charge in [0.1, 0.15) is 5.56 Å². The summed E-state index contributed by atoms with van der Waals surface area (Å²) in [6.45, 7) is 2.66. The average molecular weight is 340 g/mol. The van der Waals surface area contributed by atoms with Crippen LogP contribution in [0.2, 0.25) is 0 Å². The van der Waals surface area contributed by atoms with Crippen molar-refractivity contribution in [3.05, 3.63) is 11.6 Å². The third-order valence-electron chi connectivity index (χ3n) is 3.68. The van der Waals surface area contributed by atoms with Crippen molar-refractivity contribution >= 4 is 5.97 Å². The maximum Gasteiger partial charge on any atom is 0.341 e. The minimum absolute atomic E-state index is 0.251.